The van der Waals surface area contributed by atoms with Crippen LogP contribution in [0.25, 0.3) is 10.9 Å². The normalized spacial score (nSPS) is 13.7. The van der Waals surface area contributed by atoms with Gasteiger partial charge in [-0.2, -0.15) is 0 Å². The minimum absolute atomic E-state index is 0.0234. The molecular formula is C18H26N2O3. The summed E-state index contributed by atoms with van der Waals surface area (Å²) in [5, 5.41) is 13.4. The lowest BCUT2D eigenvalue weighted by molar-refractivity contribution is -0.122. The zero-order chi connectivity index (χ0) is 16.8. The molecule has 1 aromatic carbocycles. The molecule has 0 aliphatic heterocycles. The van der Waals surface area contributed by atoms with Gasteiger partial charge in [0.05, 0.1) is 25.3 Å². The lowest BCUT2D eigenvalue weighted by atomic mass is 10.00. The van der Waals surface area contributed by atoms with E-state index in [1.807, 2.05) is 37.4 Å². The number of aryl methyl sites for hydroxylation is 1. The fraction of sp³-hybridized carbons (Fsp3) is 0.500. The standard InChI is InChI=1S/C18H26N2O3/c1-4-13(2)15(12-21)19-18(22)9-11-20-10-8-14-16(20)6-5-7-17(14)23-3/h5-8,10,13,15,21H,4,9,11-12H2,1-3H3,(H,19,22)/t13-,15-/m1/s1. The van der Waals surface area contributed by atoms with E-state index in [9.17, 15) is 9.90 Å². The van der Waals surface area contributed by atoms with E-state index in [1.54, 1.807) is 7.11 Å². The third-order valence-corrected chi connectivity index (χ3v) is 4.45. The van der Waals surface area contributed by atoms with E-state index in [4.69, 9.17) is 4.74 Å². The van der Waals surface area contributed by atoms with Crippen molar-refractivity contribution in [3.05, 3.63) is 30.5 Å². The number of aliphatic hydroxyl groups excluding tert-OH is 1. The summed E-state index contributed by atoms with van der Waals surface area (Å²) in [6.07, 6.45) is 3.28. The highest BCUT2D eigenvalue weighted by Crippen LogP contribution is 2.26. The molecule has 0 spiro atoms. The van der Waals surface area contributed by atoms with E-state index in [2.05, 4.69) is 16.8 Å². The zero-order valence-electron chi connectivity index (χ0n) is 14.1. The molecule has 5 nitrogen and oxygen atoms in total. The smallest absolute Gasteiger partial charge is 0.222 e. The van der Waals surface area contributed by atoms with Crippen molar-refractivity contribution in [1.29, 1.82) is 0 Å². The first-order chi connectivity index (χ1) is 11.1. The maximum absolute atomic E-state index is 12.1. The number of nitrogens with zero attached hydrogens (tertiary/aromatic N) is 1. The van der Waals surface area contributed by atoms with E-state index in [-0.39, 0.29) is 24.5 Å². The second-order valence-electron chi connectivity index (χ2n) is 5.89. The van der Waals surface area contributed by atoms with Gasteiger partial charge in [-0.05, 0) is 24.1 Å². The topological polar surface area (TPSA) is 63.5 Å². The van der Waals surface area contributed by atoms with Crippen molar-refractivity contribution < 1.29 is 14.6 Å². The number of rotatable bonds is 8. The van der Waals surface area contributed by atoms with Gasteiger partial charge in [0.2, 0.25) is 5.91 Å². The molecule has 0 aliphatic rings. The number of nitrogens with one attached hydrogen (secondary N) is 1. The van der Waals surface area contributed by atoms with Crippen molar-refractivity contribution in [2.75, 3.05) is 13.7 Å². The number of fused-ring (bicyclic) bond motifs is 1. The number of methoxy groups -OCH3 is 1. The number of hydrogen-bond acceptors (Lipinski definition) is 3. The van der Waals surface area contributed by atoms with Crippen LogP contribution in [0.5, 0.6) is 5.75 Å². The zero-order valence-corrected chi connectivity index (χ0v) is 14.1. The molecule has 2 aromatic rings. The number of amides is 1. The molecule has 23 heavy (non-hydrogen) atoms. The Morgan fingerprint density at radius 2 is 2.17 bits per heavy atom. The molecule has 5 heteroatoms. The van der Waals surface area contributed by atoms with Gasteiger partial charge in [0.25, 0.3) is 0 Å². The molecule has 1 aromatic heterocycles. The van der Waals surface area contributed by atoms with Crippen LogP contribution in [0.3, 0.4) is 0 Å². The van der Waals surface area contributed by atoms with Crippen LogP contribution in [-0.4, -0.2) is 35.3 Å². The average molecular weight is 318 g/mol. The van der Waals surface area contributed by atoms with Crippen LogP contribution in [0.4, 0.5) is 0 Å². The molecule has 1 heterocycles. The molecular weight excluding hydrogens is 292 g/mol. The first kappa shape index (κ1) is 17.3. The van der Waals surface area contributed by atoms with Crippen molar-refractivity contribution in [1.82, 2.24) is 9.88 Å². The Kier molecular flexibility index (Phi) is 6.04. The highest BCUT2D eigenvalue weighted by molar-refractivity contribution is 5.86. The van der Waals surface area contributed by atoms with Gasteiger partial charge in [-0.25, -0.2) is 0 Å². The van der Waals surface area contributed by atoms with Crippen molar-refractivity contribution in [3.63, 3.8) is 0 Å². The van der Waals surface area contributed by atoms with Crippen LogP contribution < -0.4 is 10.1 Å². The molecule has 0 unspecified atom stereocenters. The Morgan fingerprint density at radius 1 is 1.39 bits per heavy atom. The average Bonchev–Trinajstić information content (AvgIpc) is 3.00. The molecule has 0 radical (unpaired) electrons. The van der Waals surface area contributed by atoms with Crippen LogP contribution >= 0.6 is 0 Å². The summed E-state index contributed by atoms with van der Waals surface area (Å²) >= 11 is 0. The first-order valence-corrected chi connectivity index (χ1v) is 8.12. The Bertz CT molecular complexity index is 651. The van der Waals surface area contributed by atoms with E-state index in [0.29, 0.717) is 13.0 Å². The lowest BCUT2D eigenvalue weighted by Gasteiger charge is -2.22. The molecule has 0 fully saturated rings. The van der Waals surface area contributed by atoms with Gasteiger partial charge in [-0.15, -0.1) is 0 Å². The van der Waals surface area contributed by atoms with Crippen LogP contribution in [0.15, 0.2) is 30.5 Å². The molecule has 2 N–H and O–H groups in total. The molecule has 1 amide bonds. The van der Waals surface area contributed by atoms with Gasteiger partial charge in [-0.3, -0.25) is 4.79 Å². The minimum Gasteiger partial charge on any atom is -0.496 e. The predicted octanol–water partition coefficient (Wildman–Crippen LogP) is 2.56. The SMILES string of the molecule is CC[C@@H](C)[C@@H](CO)NC(=O)CCn1ccc2c(OC)cccc21. The van der Waals surface area contributed by atoms with E-state index in [1.165, 1.54) is 0 Å². The van der Waals surface area contributed by atoms with E-state index >= 15 is 0 Å². The number of carbonyl (C=O) groups is 1. The van der Waals surface area contributed by atoms with Crippen molar-refractivity contribution >= 4 is 16.8 Å². The summed E-state index contributed by atoms with van der Waals surface area (Å²) in [6, 6.07) is 7.72. The molecule has 2 rings (SSSR count). The monoisotopic (exact) mass is 318 g/mol. The lowest BCUT2D eigenvalue weighted by Crippen LogP contribution is -2.42. The van der Waals surface area contributed by atoms with Gasteiger partial charge >= 0.3 is 0 Å². The van der Waals surface area contributed by atoms with Crippen molar-refractivity contribution in [2.45, 2.75) is 39.3 Å². The maximum atomic E-state index is 12.1. The van der Waals surface area contributed by atoms with Gasteiger partial charge in [-0.1, -0.05) is 26.3 Å². The van der Waals surface area contributed by atoms with E-state index < -0.39 is 0 Å². The molecule has 0 bridgehead atoms. The number of benzene rings is 1. The largest absolute Gasteiger partial charge is 0.496 e. The number of ether oxygens (including phenoxy) is 1. The summed E-state index contributed by atoms with van der Waals surface area (Å²) in [6.45, 7) is 4.66. The van der Waals surface area contributed by atoms with Crippen LogP contribution in [0.1, 0.15) is 26.7 Å². The fourth-order valence-corrected chi connectivity index (χ4v) is 2.72. The molecule has 0 saturated heterocycles. The highest BCUT2D eigenvalue weighted by atomic mass is 16.5. The Labute approximate surface area is 137 Å². The van der Waals surface area contributed by atoms with E-state index in [0.717, 1.165) is 23.1 Å². The van der Waals surface area contributed by atoms with Crippen LogP contribution in [-0.2, 0) is 11.3 Å². The molecule has 2 atom stereocenters. The summed E-state index contributed by atoms with van der Waals surface area (Å²) in [5.41, 5.74) is 1.05. The van der Waals surface area contributed by atoms with Crippen LogP contribution in [0, 0.1) is 5.92 Å². The summed E-state index contributed by atoms with van der Waals surface area (Å²) in [7, 11) is 1.66. The van der Waals surface area contributed by atoms with Crippen LogP contribution in [0.2, 0.25) is 0 Å². The third-order valence-electron chi connectivity index (χ3n) is 4.45. The Balaban J connectivity index is 1.99. The summed E-state index contributed by atoms with van der Waals surface area (Å²) < 4.78 is 7.40. The summed E-state index contributed by atoms with van der Waals surface area (Å²) in [5.74, 6) is 1.07. The molecule has 0 aliphatic carbocycles. The van der Waals surface area contributed by atoms with Gasteiger partial charge in [0.1, 0.15) is 5.75 Å². The second-order valence-corrected chi connectivity index (χ2v) is 5.89. The van der Waals surface area contributed by atoms with Gasteiger partial charge < -0.3 is 19.7 Å². The van der Waals surface area contributed by atoms with Gasteiger partial charge in [0, 0.05) is 24.5 Å². The maximum Gasteiger partial charge on any atom is 0.222 e. The van der Waals surface area contributed by atoms with Crippen molar-refractivity contribution in [2.24, 2.45) is 5.92 Å². The summed E-state index contributed by atoms with van der Waals surface area (Å²) in [4.78, 5) is 12.1. The van der Waals surface area contributed by atoms with Gasteiger partial charge in [0.15, 0.2) is 0 Å². The number of carbonyl (C=O) groups excluding carboxylic acids is 1. The van der Waals surface area contributed by atoms with Crippen molar-refractivity contribution in [3.8, 4) is 5.75 Å². The Hall–Kier alpha value is -2.01. The molecule has 126 valence electrons. The third kappa shape index (κ3) is 4.05. The fourth-order valence-electron chi connectivity index (χ4n) is 2.72. The Morgan fingerprint density at radius 3 is 2.83 bits per heavy atom. The first-order valence-electron chi connectivity index (χ1n) is 8.12. The quantitative estimate of drug-likeness (QED) is 0.786. The number of aromatic nitrogens is 1. The second kappa shape index (κ2) is 8.02. The molecule has 0 saturated carbocycles. The highest BCUT2D eigenvalue weighted by Gasteiger charge is 2.17. The number of aliphatic hydroxyl groups is 1. The number of hydrogen-bond donors (Lipinski definition) is 2. The minimum atomic E-state index is -0.172. The predicted molar refractivity (Wildman–Crippen MR) is 91.6 cm³/mol.